The minimum Gasteiger partial charge on any atom is -0.376 e. The van der Waals surface area contributed by atoms with Gasteiger partial charge in [-0.25, -0.2) is 9.36 Å². The summed E-state index contributed by atoms with van der Waals surface area (Å²) in [6.07, 6.45) is 6.96. The first-order valence-electron chi connectivity index (χ1n) is 12.2. The van der Waals surface area contributed by atoms with E-state index in [9.17, 15) is 14.4 Å². The number of rotatable bonds is 5. The van der Waals surface area contributed by atoms with Crippen LogP contribution < -0.4 is 16.6 Å². The number of ether oxygens (including phenoxy) is 1. The number of benzene rings is 1. The number of aromatic nitrogens is 2. The molecule has 3 heterocycles. The summed E-state index contributed by atoms with van der Waals surface area (Å²) in [5, 5.41) is 3.52. The Morgan fingerprint density at radius 1 is 1.12 bits per heavy atom. The Kier molecular flexibility index (Phi) is 6.44. The molecule has 2 aromatic heterocycles. The molecule has 1 aliphatic carbocycles. The van der Waals surface area contributed by atoms with Gasteiger partial charge in [0.25, 0.3) is 5.56 Å². The lowest BCUT2D eigenvalue weighted by atomic mass is 10.1. The van der Waals surface area contributed by atoms with Gasteiger partial charge in [0, 0.05) is 18.0 Å². The van der Waals surface area contributed by atoms with Gasteiger partial charge < -0.3 is 10.1 Å². The molecule has 1 amide bonds. The third-order valence-corrected chi connectivity index (χ3v) is 8.40. The van der Waals surface area contributed by atoms with Crippen molar-refractivity contribution in [3.63, 3.8) is 0 Å². The first-order chi connectivity index (χ1) is 16.4. The summed E-state index contributed by atoms with van der Waals surface area (Å²) < 4.78 is 8.35. The van der Waals surface area contributed by atoms with E-state index in [1.54, 1.807) is 0 Å². The average Bonchev–Trinajstić information content (AvgIpc) is 3.40. The van der Waals surface area contributed by atoms with E-state index >= 15 is 0 Å². The highest BCUT2D eigenvalue weighted by atomic mass is 32.1. The summed E-state index contributed by atoms with van der Waals surface area (Å²) in [5.41, 5.74) is 2.96. The molecule has 1 aromatic carbocycles. The van der Waals surface area contributed by atoms with Crippen LogP contribution in [0.25, 0.3) is 15.9 Å². The monoisotopic (exact) mass is 481 g/mol. The number of hydrogen-bond donors (Lipinski definition) is 1. The van der Waals surface area contributed by atoms with Crippen molar-refractivity contribution >= 4 is 27.5 Å². The first kappa shape index (κ1) is 23.1. The molecule has 5 rings (SSSR count). The number of nitrogens with one attached hydrogen (secondary N) is 1. The zero-order valence-corrected chi connectivity index (χ0v) is 20.6. The molecule has 1 N–H and O–H groups in total. The molecular weight excluding hydrogens is 450 g/mol. The van der Waals surface area contributed by atoms with Crippen molar-refractivity contribution in [2.24, 2.45) is 0 Å². The Morgan fingerprint density at radius 3 is 2.71 bits per heavy atom. The van der Waals surface area contributed by atoms with E-state index in [0.29, 0.717) is 22.4 Å². The molecule has 7 nitrogen and oxygen atoms in total. The molecule has 1 fully saturated rings. The molecule has 0 unspecified atom stereocenters. The van der Waals surface area contributed by atoms with Crippen LogP contribution in [0.2, 0.25) is 0 Å². The van der Waals surface area contributed by atoms with E-state index in [1.165, 1.54) is 25.3 Å². The van der Waals surface area contributed by atoms with Gasteiger partial charge in [-0.1, -0.05) is 12.5 Å². The molecule has 0 radical (unpaired) electrons. The number of nitrogens with zero attached hydrogens (tertiary/aromatic N) is 2. The third kappa shape index (κ3) is 4.25. The zero-order chi connectivity index (χ0) is 23.8. The van der Waals surface area contributed by atoms with Crippen molar-refractivity contribution in [3.8, 4) is 5.69 Å². The van der Waals surface area contributed by atoms with Gasteiger partial charge in [0.2, 0.25) is 5.91 Å². The molecule has 0 saturated carbocycles. The molecule has 8 heteroatoms. The number of carbonyl (C=O) groups excluding carboxylic acids is 1. The van der Waals surface area contributed by atoms with Gasteiger partial charge in [0.05, 0.1) is 17.2 Å². The van der Waals surface area contributed by atoms with Crippen LogP contribution in [0, 0.1) is 13.8 Å². The minimum absolute atomic E-state index is 0.0305. The van der Waals surface area contributed by atoms with E-state index in [0.717, 1.165) is 68.2 Å². The topological polar surface area (TPSA) is 82.3 Å². The van der Waals surface area contributed by atoms with Crippen molar-refractivity contribution in [2.75, 3.05) is 13.2 Å². The quantitative estimate of drug-likeness (QED) is 0.567. The molecule has 0 bridgehead atoms. The van der Waals surface area contributed by atoms with Gasteiger partial charge in [-0.05, 0) is 81.2 Å². The Labute approximate surface area is 202 Å². The molecule has 3 aromatic rings. The summed E-state index contributed by atoms with van der Waals surface area (Å²) in [6.45, 7) is 5.01. The van der Waals surface area contributed by atoms with Crippen LogP contribution in [0.3, 0.4) is 0 Å². The third-order valence-electron chi connectivity index (χ3n) is 7.09. The maximum atomic E-state index is 13.8. The largest absolute Gasteiger partial charge is 0.376 e. The molecule has 1 saturated heterocycles. The Bertz CT molecular complexity index is 1360. The van der Waals surface area contributed by atoms with Crippen molar-refractivity contribution in [3.05, 3.63) is 60.6 Å². The standard InChI is InChI=1S/C26H31N3O4S/c1-16-10-11-18(13-17(16)2)29-24(31)23-20-8-4-3-5-9-21(20)34-25(23)28(26(29)32)15-22(30)27-14-19-7-6-12-33-19/h10-11,13,19H,3-9,12,14-15H2,1-2H3,(H,27,30)/t19-/m0/s1. The van der Waals surface area contributed by atoms with Crippen LogP contribution in [0.5, 0.6) is 0 Å². The maximum Gasteiger partial charge on any atom is 0.337 e. The van der Waals surface area contributed by atoms with Gasteiger partial charge >= 0.3 is 5.69 Å². The molecule has 1 aliphatic heterocycles. The van der Waals surface area contributed by atoms with Crippen LogP contribution in [-0.4, -0.2) is 34.3 Å². The van der Waals surface area contributed by atoms with Crippen molar-refractivity contribution in [2.45, 2.75) is 71.4 Å². The van der Waals surface area contributed by atoms with Crippen molar-refractivity contribution < 1.29 is 9.53 Å². The second kappa shape index (κ2) is 9.50. The molecule has 2 aliphatic rings. The Hall–Kier alpha value is -2.71. The molecule has 180 valence electrons. The summed E-state index contributed by atoms with van der Waals surface area (Å²) >= 11 is 1.51. The number of fused-ring (bicyclic) bond motifs is 3. The van der Waals surface area contributed by atoms with Gasteiger partial charge in [-0.3, -0.25) is 14.2 Å². The lowest BCUT2D eigenvalue weighted by Gasteiger charge is -2.15. The van der Waals surface area contributed by atoms with Crippen LogP contribution in [0.4, 0.5) is 0 Å². The number of thiophene rings is 1. The number of amides is 1. The molecule has 1 atom stereocenters. The van der Waals surface area contributed by atoms with E-state index in [-0.39, 0.29) is 24.1 Å². The summed E-state index contributed by atoms with van der Waals surface area (Å²) in [4.78, 5) is 42.2. The highest BCUT2D eigenvalue weighted by Crippen LogP contribution is 2.33. The van der Waals surface area contributed by atoms with E-state index < -0.39 is 5.69 Å². The van der Waals surface area contributed by atoms with Crippen molar-refractivity contribution in [1.82, 2.24) is 14.5 Å². The van der Waals surface area contributed by atoms with Crippen LogP contribution in [0.1, 0.15) is 53.7 Å². The number of hydrogen-bond acceptors (Lipinski definition) is 5. The smallest absolute Gasteiger partial charge is 0.337 e. The summed E-state index contributed by atoms with van der Waals surface area (Å²) in [6, 6.07) is 5.61. The van der Waals surface area contributed by atoms with Crippen molar-refractivity contribution in [1.29, 1.82) is 0 Å². The predicted octanol–water partition coefficient (Wildman–Crippen LogP) is 3.39. The lowest BCUT2D eigenvalue weighted by molar-refractivity contribution is -0.122. The number of aryl methyl sites for hydroxylation is 4. The van der Waals surface area contributed by atoms with E-state index in [4.69, 9.17) is 4.74 Å². The van der Waals surface area contributed by atoms with Crippen LogP contribution >= 0.6 is 11.3 Å². The first-order valence-corrected chi connectivity index (χ1v) is 13.0. The Balaban J connectivity index is 1.63. The fourth-order valence-electron chi connectivity index (χ4n) is 5.01. The van der Waals surface area contributed by atoms with Crippen LogP contribution in [0.15, 0.2) is 27.8 Å². The highest BCUT2D eigenvalue weighted by molar-refractivity contribution is 7.18. The van der Waals surface area contributed by atoms with E-state index in [1.807, 2.05) is 32.0 Å². The molecular formula is C26H31N3O4S. The molecule has 34 heavy (non-hydrogen) atoms. The lowest BCUT2D eigenvalue weighted by Crippen LogP contribution is -2.42. The average molecular weight is 482 g/mol. The summed E-state index contributed by atoms with van der Waals surface area (Å²) in [5.74, 6) is -0.243. The SMILES string of the molecule is Cc1ccc(-n2c(=O)c3c4c(sc3n(CC(=O)NC[C@@H]3CCCO3)c2=O)CCCCC4)cc1C. The van der Waals surface area contributed by atoms with Gasteiger partial charge in [0.15, 0.2) is 0 Å². The van der Waals surface area contributed by atoms with Gasteiger partial charge in [-0.15, -0.1) is 11.3 Å². The predicted molar refractivity (Wildman–Crippen MR) is 134 cm³/mol. The summed E-state index contributed by atoms with van der Waals surface area (Å²) in [7, 11) is 0. The Morgan fingerprint density at radius 2 is 1.94 bits per heavy atom. The van der Waals surface area contributed by atoms with Gasteiger partial charge in [-0.2, -0.15) is 0 Å². The minimum atomic E-state index is -0.468. The fourth-order valence-corrected chi connectivity index (χ4v) is 6.38. The molecule has 0 spiro atoms. The fraction of sp³-hybridized carbons (Fsp3) is 0.500. The second-order valence-corrected chi connectivity index (χ2v) is 10.5. The van der Waals surface area contributed by atoms with E-state index in [2.05, 4.69) is 5.32 Å². The maximum absolute atomic E-state index is 13.8. The number of carbonyl (C=O) groups is 1. The van der Waals surface area contributed by atoms with Crippen LogP contribution in [-0.2, 0) is 28.9 Å². The zero-order valence-electron chi connectivity index (χ0n) is 19.8. The van der Waals surface area contributed by atoms with Gasteiger partial charge in [0.1, 0.15) is 11.4 Å². The second-order valence-electron chi connectivity index (χ2n) is 9.46. The normalized spacial score (nSPS) is 18.1. The highest BCUT2D eigenvalue weighted by Gasteiger charge is 2.25.